The third-order valence-electron chi connectivity index (χ3n) is 3.46. The minimum Gasteiger partial charge on any atom is -0.326 e. The van der Waals surface area contributed by atoms with Gasteiger partial charge in [-0.25, -0.2) is 0 Å². The highest BCUT2D eigenvalue weighted by molar-refractivity contribution is 7.16. The van der Waals surface area contributed by atoms with Gasteiger partial charge in [-0.05, 0) is 34.8 Å². The third kappa shape index (κ3) is 1.92. The highest BCUT2D eigenvalue weighted by Gasteiger charge is 2.40. The first-order valence-corrected chi connectivity index (χ1v) is 6.97. The van der Waals surface area contributed by atoms with Crippen LogP contribution in [-0.4, -0.2) is 0 Å². The van der Waals surface area contributed by atoms with Crippen molar-refractivity contribution in [1.29, 1.82) is 0 Å². The molecule has 0 atom stereocenters. The maximum absolute atomic E-state index is 6.29. The molecule has 16 heavy (non-hydrogen) atoms. The first kappa shape index (κ1) is 12.4. The molecule has 1 aliphatic rings. The normalized spacial score (nSPS) is 21.9. The van der Waals surface area contributed by atoms with Crippen LogP contribution in [0.4, 0.5) is 0 Å². The van der Waals surface area contributed by atoms with Gasteiger partial charge in [0.05, 0.1) is 4.34 Å². The van der Waals surface area contributed by atoms with Gasteiger partial charge in [0.2, 0.25) is 0 Å². The molecule has 0 amide bonds. The zero-order chi connectivity index (χ0) is 12.1. The van der Waals surface area contributed by atoms with E-state index in [2.05, 4.69) is 27.7 Å². The Morgan fingerprint density at radius 2 is 1.94 bits per heavy atom. The van der Waals surface area contributed by atoms with Crippen LogP contribution in [0.15, 0.2) is 0 Å². The number of halogens is 1. The zero-order valence-corrected chi connectivity index (χ0v) is 12.1. The molecule has 0 radical (unpaired) electrons. The van der Waals surface area contributed by atoms with Gasteiger partial charge in [0.25, 0.3) is 0 Å². The Kier molecular flexibility index (Phi) is 2.89. The van der Waals surface area contributed by atoms with Crippen molar-refractivity contribution in [2.75, 3.05) is 0 Å². The molecule has 3 heteroatoms. The molecule has 1 aromatic heterocycles. The second-order valence-corrected chi connectivity index (χ2v) is 7.89. The Bertz CT molecular complexity index is 418. The van der Waals surface area contributed by atoms with E-state index in [1.165, 1.54) is 22.4 Å². The van der Waals surface area contributed by atoms with E-state index in [1.807, 2.05) is 0 Å². The molecule has 0 saturated carbocycles. The molecule has 0 saturated heterocycles. The van der Waals surface area contributed by atoms with E-state index < -0.39 is 0 Å². The SMILES string of the molecule is CC1(C)Cc2c(sc(Cl)c2CN)C(C)(C)C1. The molecule has 0 unspecified atom stereocenters. The predicted molar refractivity (Wildman–Crippen MR) is 72.3 cm³/mol. The number of hydrogen-bond donors (Lipinski definition) is 1. The molecule has 1 heterocycles. The summed E-state index contributed by atoms with van der Waals surface area (Å²) in [5, 5.41) is 0. The van der Waals surface area contributed by atoms with Gasteiger partial charge in [-0.3, -0.25) is 0 Å². The summed E-state index contributed by atoms with van der Waals surface area (Å²) >= 11 is 8.03. The van der Waals surface area contributed by atoms with Crippen molar-refractivity contribution >= 4 is 22.9 Å². The minimum atomic E-state index is 0.235. The van der Waals surface area contributed by atoms with Gasteiger partial charge in [0.15, 0.2) is 0 Å². The molecule has 1 aliphatic carbocycles. The van der Waals surface area contributed by atoms with Crippen LogP contribution < -0.4 is 5.73 Å². The van der Waals surface area contributed by atoms with Crippen LogP contribution in [0, 0.1) is 5.41 Å². The highest BCUT2D eigenvalue weighted by Crippen LogP contribution is 2.51. The van der Waals surface area contributed by atoms with E-state index in [-0.39, 0.29) is 5.41 Å². The van der Waals surface area contributed by atoms with Gasteiger partial charge in [0, 0.05) is 11.4 Å². The van der Waals surface area contributed by atoms with E-state index in [0.29, 0.717) is 12.0 Å². The maximum atomic E-state index is 6.29. The highest BCUT2D eigenvalue weighted by atomic mass is 35.5. The molecule has 0 aliphatic heterocycles. The largest absolute Gasteiger partial charge is 0.326 e. The van der Waals surface area contributed by atoms with Crippen molar-refractivity contribution in [3.8, 4) is 0 Å². The Hall–Kier alpha value is -0.0500. The predicted octanol–water partition coefficient (Wildman–Crippen LogP) is 4.11. The van der Waals surface area contributed by atoms with E-state index in [0.717, 1.165) is 10.8 Å². The van der Waals surface area contributed by atoms with Crippen LogP contribution in [-0.2, 0) is 18.4 Å². The number of rotatable bonds is 1. The molecular weight excluding hydrogens is 238 g/mol. The van der Waals surface area contributed by atoms with E-state index in [4.69, 9.17) is 17.3 Å². The zero-order valence-electron chi connectivity index (χ0n) is 10.5. The summed E-state index contributed by atoms with van der Waals surface area (Å²) in [4.78, 5) is 1.46. The average Bonchev–Trinajstić information content (AvgIpc) is 2.39. The standard InChI is InChI=1S/C13H20ClNS/c1-12(2)5-8-9(6-15)11(14)16-10(8)13(3,4)7-12/h5-7,15H2,1-4H3. The molecule has 0 bridgehead atoms. The van der Waals surface area contributed by atoms with Crippen molar-refractivity contribution in [3.05, 3.63) is 20.3 Å². The molecule has 2 rings (SSSR count). The first-order valence-electron chi connectivity index (χ1n) is 5.77. The molecule has 0 spiro atoms. The second-order valence-electron chi connectivity index (χ2n) is 6.27. The maximum Gasteiger partial charge on any atom is 0.0979 e. The van der Waals surface area contributed by atoms with Crippen LogP contribution in [0.1, 0.15) is 50.1 Å². The van der Waals surface area contributed by atoms with E-state index in [9.17, 15) is 0 Å². The first-order chi connectivity index (χ1) is 7.27. The van der Waals surface area contributed by atoms with Crippen LogP contribution in [0.3, 0.4) is 0 Å². The fraction of sp³-hybridized carbons (Fsp3) is 0.692. The van der Waals surface area contributed by atoms with Crippen molar-refractivity contribution in [2.24, 2.45) is 11.1 Å². The summed E-state index contributed by atoms with van der Waals surface area (Å²) in [5.74, 6) is 0. The van der Waals surface area contributed by atoms with Crippen molar-refractivity contribution < 1.29 is 0 Å². The van der Waals surface area contributed by atoms with Gasteiger partial charge in [-0.1, -0.05) is 39.3 Å². The van der Waals surface area contributed by atoms with Gasteiger partial charge >= 0.3 is 0 Å². The summed E-state index contributed by atoms with van der Waals surface area (Å²) in [7, 11) is 0. The summed E-state index contributed by atoms with van der Waals surface area (Å²) in [6.07, 6.45) is 2.33. The molecule has 0 fully saturated rings. The second kappa shape index (κ2) is 3.72. The number of thiophene rings is 1. The lowest BCUT2D eigenvalue weighted by Crippen LogP contribution is -2.34. The van der Waals surface area contributed by atoms with E-state index >= 15 is 0 Å². The van der Waals surface area contributed by atoms with Crippen LogP contribution in [0.2, 0.25) is 4.34 Å². The van der Waals surface area contributed by atoms with E-state index in [1.54, 1.807) is 11.3 Å². The summed E-state index contributed by atoms with van der Waals surface area (Å²) in [6.45, 7) is 9.88. The lowest BCUT2D eigenvalue weighted by Gasteiger charge is -2.40. The lowest BCUT2D eigenvalue weighted by molar-refractivity contribution is 0.235. The summed E-state index contributed by atoms with van der Waals surface area (Å²) in [5.41, 5.74) is 9.02. The molecule has 1 nitrogen and oxygen atoms in total. The monoisotopic (exact) mass is 257 g/mol. The number of hydrogen-bond acceptors (Lipinski definition) is 2. The topological polar surface area (TPSA) is 26.0 Å². The summed E-state index contributed by atoms with van der Waals surface area (Å²) < 4.78 is 0.901. The number of fused-ring (bicyclic) bond motifs is 1. The van der Waals surface area contributed by atoms with Gasteiger partial charge in [-0.15, -0.1) is 11.3 Å². The molecule has 2 N–H and O–H groups in total. The van der Waals surface area contributed by atoms with Gasteiger partial charge < -0.3 is 5.73 Å². The van der Waals surface area contributed by atoms with Crippen molar-refractivity contribution in [3.63, 3.8) is 0 Å². The van der Waals surface area contributed by atoms with Gasteiger partial charge in [-0.2, -0.15) is 0 Å². The fourth-order valence-corrected chi connectivity index (χ4v) is 4.82. The quantitative estimate of drug-likeness (QED) is 0.805. The van der Waals surface area contributed by atoms with Crippen molar-refractivity contribution in [2.45, 2.75) is 52.5 Å². The lowest BCUT2D eigenvalue weighted by atomic mass is 9.65. The smallest absolute Gasteiger partial charge is 0.0979 e. The molecule has 1 aromatic rings. The third-order valence-corrected chi connectivity index (χ3v) is 5.35. The molecule has 0 aromatic carbocycles. The van der Waals surface area contributed by atoms with Gasteiger partial charge in [0.1, 0.15) is 0 Å². The van der Waals surface area contributed by atoms with Crippen LogP contribution >= 0.6 is 22.9 Å². The van der Waals surface area contributed by atoms with Crippen LogP contribution in [0.5, 0.6) is 0 Å². The van der Waals surface area contributed by atoms with Crippen LogP contribution in [0.25, 0.3) is 0 Å². The Morgan fingerprint density at radius 1 is 1.31 bits per heavy atom. The minimum absolute atomic E-state index is 0.235. The number of nitrogens with two attached hydrogens (primary N) is 1. The molecular formula is C13H20ClNS. The Balaban J connectivity index is 2.60. The Morgan fingerprint density at radius 3 is 2.50 bits per heavy atom. The summed E-state index contributed by atoms with van der Waals surface area (Å²) in [6, 6.07) is 0. The van der Waals surface area contributed by atoms with Crippen molar-refractivity contribution in [1.82, 2.24) is 0 Å². The Labute approximate surface area is 107 Å². The average molecular weight is 258 g/mol. The molecule has 90 valence electrons. The fourth-order valence-electron chi connectivity index (χ4n) is 3.22.